The predicted octanol–water partition coefficient (Wildman–Crippen LogP) is 2.27. The normalized spacial score (nSPS) is 10.4. The van der Waals surface area contributed by atoms with Crippen LogP contribution in [0.4, 0.5) is 5.82 Å². The van der Waals surface area contributed by atoms with E-state index in [9.17, 15) is 0 Å². The lowest BCUT2D eigenvalue weighted by molar-refractivity contribution is 0.149. The Morgan fingerprint density at radius 3 is 2.94 bits per heavy atom. The Morgan fingerprint density at radius 2 is 2.22 bits per heavy atom. The summed E-state index contributed by atoms with van der Waals surface area (Å²) < 4.78 is 10.9. The second-order valence-corrected chi connectivity index (χ2v) is 4.02. The minimum atomic E-state index is 0.106. The molecule has 1 rings (SSSR count). The Labute approximate surface area is 108 Å². The number of nitrogens with one attached hydrogen (secondary N) is 1. The monoisotopic (exact) mass is 251 g/mol. The van der Waals surface area contributed by atoms with E-state index in [0.29, 0.717) is 25.6 Å². The van der Waals surface area contributed by atoms with Crippen LogP contribution in [-0.4, -0.2) is 35.8 Å². The van der Waals surface area contributed by atoms with Gasteiger partial charge in [0.15, 0.2) is 0 Å². The Kier molecular flexibility index (Phi) is 6.79. The van der Waals surface area contributed by atoms with E-state index in [4.69, 9.17) is 9.47 Å². The summed E-state index contributed by atoms with van der Waals surface area (Å²) >= 11 is 0. The maximum atomic E-state index is 5.48. The van der Waals surface area contributed by atoms with Crippen molar-refractivity contribution in [1.29, 1.82) is 0 Å². The number of rotatable bonds is 9. The highest BCUT2D eigenvalue weighted by molar-refractivity contribution is 5.36. The molecule has 5 nitrogen and oxygen atoms in total. The summed E-state index contributed by atoms with van der Waals surface area (Å²) in [5.41, 5.74) is 0. The Bertz CT molecular complexity index is 356. The molecule has 0 aliphatic carbocycles. The number of hydrogen-bond acceptors (Lipinski definition) is 5. The third-order valence-electron chi connectivity index (χ3n) is 2.02. The molecule has 0 atom stereocenters. The van der Waals surface area contributed by atoms with E-state index in [1.165, 1.54) is 6.33 Å². The van der Waals surface area contributed by atoms with Gasteiger partial charge >= 0.3 is 0 Å². The van der Waals surface area contributed by atoms with E-state index in [1.54, 1.807) is 6.07 Å². The highest BCUT2D eigenvalue weighted by Crippen LogP contribution is 2.11. The molecule has 1 aromatic rings. The highest BCUT2D eigenvalue weighted by atomic mass is 16.5. The summed E-state index contributed by atoms with van der Waals surface area (Å²) in [4.78, 5) is 8.14. The maximum absolute atomic E-state index is 5.48. The number of ether oxygens (including phenoxy) is 2. The second-order valence-electron chi connectivity index (χ2n) is 4.02. The van der Waals surface area contributed by atoms with Crippen LogP contribution in [0.15, 0.2) is 25.0 Å². The molecule has 1 heterocycles. The van der Waals surface area contributed by atoms with Gasteiger partial charge in [-0.05, 0) is 20.3 Å². The molecule has 0 spiro atoms. The average molecular weight is 251 g/mol. The number of anilines is 1. The fourth-order valence-corrected chi connectivity index (χ4v) is 1.26. The van der Waals surface area contributed by atoms with Crippen molar-refractivity contribution >= 4 is 5.82 Å². The lowest BCUT2D eigenvalue weighted by Gasteiger charge is -2.10. The summed E-state index contributed by atoms with van der Waals surface area (Å²) in [5.74, 6) is 1.32. The van der Waals surface area contributed by atoms with Crippen LogP contribution in [0.3, 0.4) is 0 Å². The van der Waals surface area contributed by atoms with Crippen LogP contribution in [0.25, 0.3) is 0 Å². The highest BCUT2D eigenvalue weighted by Gasteiger charge is 2.01. The zero-order valence-electron chi connectivity index (χ0n) is 11.1. The van der Waals surface area contributed by atoms with Crippen molar-refractivity contribution < 1.29 is 9.47 Å². The van der Waals surface area contributed by atoms with Crippen molar-refractivity contribution in [2.45, 2.75) is 26.4 Å². The van der Waals surface area contributed by atoms with Gasteiger partial charge in [0.25, 0.3) is 0 Å². The molecule has 0 saturated heterocycles. The lowest BCUT2D eigenvalue weighted by Crippen LogP contribution is -2.12. The molecular weight excluding hydrogens is 230 g/mol. The minimum absolute atomic E-state index is 0.106. The molecule has 100 valence electrons. The van der Waals surface area contributed by atoms with Gasteiger partial charge in [0, 0.05) is 12.6 Å². The van der Waals surface area contributed by atoms with Crippen LogP contribution in [-0.2, 0) is 4.74 Å². The molecule has 1 N–H and O–H groups in total. The smallest absolute Gasteiger partial charge is 0.218 e. The summed E-state index contributed by atoms with van der Waals surface area (Å²) in [6.07, 6.45) is 4.31. The summed E-state index contributed by atoms with van der Waals surface area (Å²) in [5, 5.41) is 3.15. The van der Waals surface area contributed by atoms with E-state index in [1.807, 2.05) is 19.9 Å². The van der Waals surface area contributed by atoms with Crippen LogP contribution in [0, 0.1) is 0 Å². The van der Waals surface area contributed by atoms with Gasteiger partial charge in [-0.15, -0.1) is 6.58 Å². The largest absolute Gasteiger partial charge is 0.475 e. The molecule has 5 heteroatoms. The SMILES string of the molecule is C=CCCOCCNc1cc(OC(C)C)ncn1. The van der Waals surface area contributed by atoms with Gasteiger partial charge in [0.1, 0.15) is 12.1 Å². The van der Waals surface area contributed by atoms with Crippen molar-refractivity contribution in [1.82, 2.24) is 9.97 Å². The lowest BCUT2D eigenvalue weighted by atomic mass is 10.4. The first-order valence-electron chi connectivity index (χ1n) is 6.13. The molecule has 0 saturated carbocycles. The molecule has 18 heavy (non-hydrogen) atoms. The average Bonchev–Trinajstić information content (AvgIpc) is 2.33. The van der Waals surface area contributed by atoms with Crippen molar-refractivity contribution in [2.24, 2.45) is 0 Å². The van der Waals surface area contributed by atoms with E-state index in [2.05, 4.69) is 21.9 Å². The van der Waals surface area contributed by atoms with Gasteiger partial charge in [0.05, 0.1) is 19.3 Å². The zero-order chi connectivity index (χ0) is 13.2. The molecule has 0 radical (unpaired) electrons. The first kappa shape index (κ1) is 14.4. The molecule has 0 fully saturated rings. The van der Waals surface area contributed by atoms with E-state index < -0.39 is 0 Å². The van der Waals surface area contributed by atoms with Gasteiger partial charge < -0.3 is 14.8 Å². The third-order valence-corrected chi connectivity index (χ3v) is 2.02. The number of nitrogens with zero attached hydrogens (tertiary/aromatic N) is 2. The third kappa shape index (κ3) is 6.20. The van der Waals surface area contributed by atoms with Gasteiger partial charge in [0.2, 0.25) is 5.88 Å². The number of hydrogen-bond donors (Lipinski definition) is 1. The van der Waals surface area contributed by atoms with Crippen molar-refractivity contribution in [3.63, 3.8) is 0 Å². The van der Waals surface area contributed by atoms with Gasteiger partial charge in [-0.1, -0.05) is 6.08 Å². The topological polar surface area (TPSA) is 56.3 Å². The Morgan fingerprint density at radius 1 is 1.39 bits per heavy atom. The van der Waals surface area contributed by atoms with Crippen LogP contribution < -0.4 is 10.1 Å². The number of aromatic nitrogens is 2. The van der Waals surface area contributed by atoms with Crippen LogP contribution in [0.1, 0.15) is 20.3 Å². The Hall–Kier alpha value is -1.62. The van der Waals surface area contributed by atoms with Crippen LogP contribution in [0.2, 0.25) is 0 Å². The molecule has 0 bridgehead atoms. The second kappa shape index (κ2) is 8.47. The van der Waals surface area contributed by atoms with Gasteiger partial charge in [-0.3, -0.25) is 0 Å². The molecule has 1 aromatic heterocycles. The van der Waals surface area contributed by atoms with Crippen molar-refractivity contribution in [2.75, 3.05) is 25.1 Å². The standard InChI is InChI=1S/C13H21N3O2/c1-4-5-7-17-8-6-14-12-9-13(16-10-15-12)18-11(2)3/h4,9-11H,1,5-8H2,2-3H3,(H,14,15,16). The van der Waals surface area contributed by atoms with E-state index in [0.717, 1.165) is 12.2 Å². The maximum Gasteiger partial charge on any atom is 0.218 e. The van der Waals surface area contributed by atoms with Gasteiger partial charge in [-0.25, -0.2) is 9.97 Å². The molecule has 0 aromatic carbocycles. The molecule has 0 aliphatic heterocycles. The quantitative estimate of drug-likeness (QED) is 0.539. The summed E-state index contributed by atoms with van der Waals surface area (Å²) in [7, 11) is 0. The molecular formula is C13H21N3O2. The summed E-state index contributed by atoms with van der Waals surface area (Å²) in [6, 6.07) is 1.78. The first-order valence-corrected chi connectivity index (χ1v) is 6.13. The fraction of sp³-hybridized carbons (Fsp3) is 0.538. The Balaban J connectivity index is 2.27. The zero-order valence-corrected chi connectivity index (χ0v) is 11.1. The van der Waals surface area contributed by atoms with Crippen LogP contribution >= 0.6 is 0 Å². The van der Waals surface area contributed by atoms with Gasteiger partial charge in [-0.2, -0.15) is 0 Å². The first-order chi connectivity index (χ1) is 8.72. The van der Waals surface area contributed by atoms with E-state index >= 15 is 0 Å². The predicted molar refractivity (Wildman–Crippen MR) is 71.9 cm³/mol. The van der Waals surface area contributed by atoms with Crippen molar-refractivity contribution in [3.8, 4) is 5.88 Å². The van der Waals surface area contributed by atoms with Crippen LogP contribution in [0.5, 0.6) is 5.88 Å². The van der Waals surface area contributed by atoms with E-state index in [-0.39, 0.29) is 6.10 Å². The fourth-order valence-electron chi connectivity index (χ4n) is 1.26. The summed E-state index contributed by atoms with van der Waals surface area (Å²) in [6.45, 7) is 9.60. The molecule has 0 amide bonds. The minimum Gasteiger partial charge on any atom is -0.475 e. The van der Waals surface area contributed by atoms with Crippen molar-refractivity contribution in [3.05, 3.63) is 25.0 Å². The molecule has 0 unspecified atom stereocenters. The molecule has 0 aliphatic rings.